The second-order valence-corrected chi connectivity index (χ2v) is 8.91. The lowest BCUT2D eigenvalue weighted by molar-refractivity contribution is -0.131. The Hall–Kier alpha value is -3.75. The van der Waals surface area contributed by atoms with E-state index < -0.39 is 5.97 Å². The highest BCUT2D eigenvalue weighted by molar-refractivity contribution is 8.03. The number of aliphatic carboxylic acids is 1. The summed E-state index contributed by atoms with van der Waals surface area (Å²) in [6.07, 6.45) is 1.51. The van der Waals surface area contributed by atoms with Gasteiger partial charge in [-0.25, -0.2) is 4.79 Å². The average Bonchev–Trinajstić information content (AvgIpc) is 3.32. The minimum Gasteiger partial charge on any atom is -0.493 e. The number of thioether (sulfide) groups is 1. The number of hydrogen-bond donors (Lipinski definition) is 1. The third kappa shape index (κ3) is 6.44. The molecule has 3 aromatic carbocycles. The zero-order chi connectivity index (χ0) is 24.8. The highest BCUT2D eigenvalue weighted by atomic mass is 35.5. The van der Waals surface area contributed by atoms with E-state index in [0.717, 1.165) is 17.3 Å². The van der Waals surface area contributed by atoms with Gasteiger partial charge in [-0.15, -0.1) is 10.2 Å². The molecule has 0 atom stereocenters. The molecule has 0 aliphatic rings. The Morgan fingerprint density at radius 3 is 2.49 bits per heavy atom. The van der Waals surface area contributed by atoms with Gasteiger partial charge in [-0.1, -0.05) is 47.5 Å². The Kier molecular flexibility index (Phi) is 7.74. The summed E-state index contributed by atoms with van der Waals surface area (Å²) in [6.45, 7) is 2.41. The molecule has 0 radical (unpaired) electrons. The minimum atomic E-state index is -1.13. The second kappa shape index (κ2) is 11.1. The van der Waals surface area contributed by atoms with Crippen LogP contribution in [-0.4, -0.2) is 28.4 Å². The van der Waals surface area contributed by atoms with Crippen LogP contribution < -0.4 is 9.47 Å². The zero-order valence-electron chi connectivity index (χ0n) is 18.9. The quantitative estimate of drug-likeness (QED) is 0.202. The first-order valence-corrected chi connectivity index (χ1v) is 11.7. The number of carbonyl (C=O) groups is 1. The SMILES string of the molecule is COc1cc(/C=C(\Sc2nnc(-c3ccc(Cl)cc3)o2)C(=O)O)ccc1OCc1ccc(C)cc1. The maximum Gasteiger partial charge on any atom is 0.342 e. The number of nitrogens with zero attached hydrogens (tertiary/aromatic N) is 2. The van der Waals surface area contributed by atoms with Crippen LogP contribution in [0.2, 0.25) is 5.02 Å². The predicted molar refractivity (Wildman–Crippen MR) is 135 cm³/mol. The molecule has 0 amide bonds. The van der Waals surface area contributed by atoms with Crippen LogP contribution in [0.3, 0.4) is 0 Å². The summed E-state index contributed by atoms with van der Waals surface area (Å²) in [4.78, 5) is 11.9. The summed E-state index contributed by atoms with van der Waals surface area (Å²) < 4.78 is 17.0. The van der Waals surface area contributed by atoms with Gasteiger partial charge >= 0.3 is 5.97 Å². The fraction of sp³-hybridized carbons (Fsp3) is 0.115. The normalized spacial score (nSPS) is 11.3. The van der Waals surface area contributed by atoms with Gasteiger partial charge in [-0.3, -0.25) is 0 Å². The minimum absolute atomic E-state index is 0.00619. The van der Waals surface area contributed by atoms with Crippen molar-refractivity contribution in [2.75, 3.05) is 7.11 Å². The Morgan fingerprint density at radius 1 is 1.06 bits per heavy atom. The maximum absolute atomic E-state index is 11.9. The molecule has 0 spiro atoms. The Balaban J connectivity index is 1.50. The van der Waals surface area contributed by atoms with Gasteiger partial charge in [0.2, 0.25) is 5.89 Å². The monoisotopic (exact) mass is 508 g/mol. The Morgan fingerprint density at radius 2 is 1.80 bits per heavy atom. The second-order valence-electron chi connectivity index (χ2n) is 7.48. The van der Waals surface area contributed by atoms with Gasteiger partial charge in [-0.2, -0.15) is 0 Å². The van der Waals surface area contributed by atoms with Crippen LogP contribution in [0.4, 0.5) is 0 Å². The number of aromatic nitrogens is 2. The fourth-order valence-electron chi connectivity index (χ4n) is 3.08. The van der Waals surface area contributed by atoms with Crippen molar-refractivity contribution in [1.29, 1.82) is 0 Å². The van der Waals surface area contributed by atoms with Crippen LogP contribution >= 0.6 is 23.4 Å². The molecule has 7 nitrogen and oxygen atoms in total. The number of carboxylic acid groups (broad SMARTS) is 1. The molecule has 9 heteroatoms. The van der Waals surface area contributed by atoms with Gasteiger partial charge in [0.25, 0.3) is 5.22 Å². The molecule has 1 heterocycles. The van der Waals surface area contributed by atoms with Gasteiger partial charge in [0.1, 0.15) is 11.5 Å². The van der Waals surface area contributed by atoms with Crippen molar-refractivity contribution in [1.82, 2.24) is 10.2 Å². The summed E-state index contributed by atoms with van der Waals surface area (Å²) in [5.74, 6) is 0.188. The van der Waals surface area contributed by atoms with Crippen molar-refractivity contribution in [3.8, 4) is 23.0 Å². The van der Waals surface area contributed by atoms with Crippen molar-refractivity contribution in [3.63, 3.8) is 0 Å². The molecule has 1 aromatic heterocycles. The molecule has 0 aliphatic carbocycles. The van der Waals surface area contributed by atoms with E-state index >= 15 is 0 Å². The number of carboxylic acids is 1. The summed E-state index contributed by atoms with van der Waals surface area (Å²) in [7, 11) is 1.53. The topological polar surface area (TPSA) is 94.7 Å². The van der Waals surface area contributed by atoms with Crippen LogP contribution in [0.15, 0.2) is 81.3 Å². The molecule has 4 rings (SSSR count). The smallest absolute Gasteiger partial charge is 0.342 e. The van der Waals surface area contributed by atoms with E-state index in [9.17, 15) is 9.90 Å². The van der Waals surface area contributed by atoms with Gasteiger partial charge in [-0.05, 0) is 72.3 Å². The molecule has 0 saturated heterocycles. The first-order chi connectivity index (χ1) is 16.9. The van der Waals surface area contributed by atoms with Crippen LogP contribution in [0.1, 0.15) is 16.7 Å². The van der Waals surface area contributed by atoms with Crippen LogP contribution in [-0.2, 0) is 11.4 Å². The van der Waals surface area contributed by atoms with Gasteiger partial charge in [0.15, 0.2) is 11.5 Å². The zero-order valence-corrected chi connectivity index (χ0v) is 20.5. The largest absolute Gasteiger partial charge is 0.493 e. The van der Waals surface area contributed by atoms with Crippen LogP contribution in [0.5, 0.6) is 11.5 Å². The van der Waals surface area contributed by atoms with Crippen molar-refractivity contribution < 1.29 is 23.8 Å². The van der Waals surface area contributed by atoms with E-state index in [1.807, 2.05) is 31.2 Å². The molecule has 178 valence electrons. The van der Waals surface area contributed by atoms with Crippen molar-refractivity contribution in [2.24, 2.45) is 0 Å². The highest BCUT2D eigenvalue weighted by Gasteiger charge is 2.17. The van der Waals surface area contributed by atoms with Gasteiger partial charge in [0, 0.05) is 10.6 Å². The number of halogens is 1. The molecule has 1 N–H and O–H groups in total. The maximum atomic E-state index is 11.9. The van der Waals surface area contributed by atoms with E-state index in [-0.39, 0.29) is 16.0 Å². The van der Waals surface area contributed by atoms with Crippen molar-refractivity contribution in [3.05, 3.63) is 93.3 Å². The average molecular weight is 509 g/mol. The first kappa shape index (κ1) is 24.4. The van der Waals surface area contributed by atoms with Gasteiger partial charge in [0.05, 0.1) is 7.11 Å². The summed E-state index contributed by atoms with van der Waals surface area (Å²) in [5, 5.41) is 18.3. The molecule has 0 fully saturated rings. The molecular weight excluding hydrogens is 488 g/mol. The lowest BCUT2D eigenvalue weighted by Gasteiger charge is -2.12. The number of aryl methyl sites for hydroxylation is 1. The Bertz CT molecular complexity index is 1350. The summed E-state index contributed by atoms with van der Waals surface area (Å²) >= 11 is 6.77. The summed E-state index contributed by atoms with van der Waals surface area (Å²) in [5.41, 5.74) is 3.51. The molecule has 0 unspecified atom stereocenters. The standard InChI is InChI=1S/C26H21ClN2O5S/c1-16-3-5-17(6-4-16)15-33-21-12-7-18(13-22(21)32-2)14-23(25(30)31)35-26-29-28-24(34-26)19-8-10-20(27)11-9-19/h3-14H,15H2,1-2H3,(H,30,31)/b23-14-. The third-order valence-electron chi connectivity index (χ3n) is 4.91. The van der Waals surface area contributed by atoms with E-state index in [1.165, 1.54) is 18.7 Å². The van der Waals surface area contributed by atoms with E-state index in [2.05, 4.69) is 10.2 Å². The van der Waals surface area contributed by atoms with Crippen molar-refractivity contribution >= 4 is 35.4 Å². The van der Waals surface area contributed by atoms with Crippen molar-refractivity contribution in [2.45, 2.75) is 18.8 Å². The number of benzene rings is 3. The van der Waals surface area contributed by atoms with E-state index in [4.69, 9.17) is 25.5 Å². The fourth-order valence-corrected chi connectivity index (χ4v) is 3.88. The lowest BCUT2D eigenvalue weighted by Crippen LogP contribution is -1.99. The molecule has 0 saturated carbocycles. The number of rotatable bonds is 9. The van der Waals surface area contributed by atoms with Crippen LogP contribution in [0, 0.1) is 6.92 Å². The van der Waals surface area contributed by atoms with E-state index in [1.54, 1.807) is 42.5 Å². The number of ether oxygens (including phenoxy) is 2. The third-order valence-corrected chi connectivity index (χ3v) is 6.01. The lowest BCUT2D eigenvalue weighted by atomic mass is 10.1. The number of hydrogen-bond acceptors (Lipinski definition) is 7. The summed E-state index contributed by atoms with van der Waals surface area (Å²) in [6, 6.07) is 20.2. The van der Waals surface area contributed by atoms with Crippen LogP contribution in [0.25, 0.3) is 17.5 Å². The Labute approximate surface area is 211 Å². The predicted octanol–water partition coefficient (Wildman–Crippen LogP) is 6.50. The molecule has 0 aliphatic heterocycles. The number of methoxy groups -OCH3 is 1. The highest BCUT2D eigenvalue weighted by Crippen LogP contribution is 2.33. The first-order valence-electron chi connectivity index (χ1n) is 10.5. The van der Waals surface area contributed by atoms with E-state index in [0.29, 0.717) is 34.3 Å². The molecule has 35 heavy (non-hydrogen) atoms. The van der Waals surface area contributed by atoms with Gasteiger partial charge < -0.3 is 19.0 Å². The molecule has 0 bridgehead atoms. The molecular formula is C26H21ClN2O5S. The molecule has 4 aromatic rings.